The molecule has 0 bridgehead atoms. The Morgan fingerprint density at radius 3 is 2.81 bits per heavy atom. The molecule has 0 aliphatic heterocycles. The zero-order valence-electron chi connectivity index (χ0n) is 12.0. The summed E-state index contributed by atoms with van der Waals surface area (Å²) in [4.78, 5) is 17.3. The van der Waals surface area contributed by atoms with Gasteiger partial charge < -0.3 is 14.6 Å². The lowest BCUT2D eigenvalue weighted by Gasteiger charge is -2.18. The molecule has 0 radical (unpaired) electrons. The van der Waals surface area contributed by atoms with Crippen molar-refractivity contribution in [3.05, 3.63) is 60.3 Å². The van der Waals surface area contributed by atoms with Crippen molar-refractivity contribution in [3.8, 4) is 5.75 Å². The molecule has 21 heavy (non-hydrogen) atoms. The number of benzene rings is 2. The lowest BCUT2D eigenvalue weighted by molar-refractivity contribution is 0.0993. The van der Waals surface area contributed by atoms with E-state index in [1.165, 1.54) is 0 Å². The maximum atomic E-state index is 12.6. The first-order valence-electron chi connectivity index (χ1n) is 6.68. The molecule has 0 fully saturated rings. The number of nitrogens with one attached hydrogen (secondary N) is 1. The predicted molar refractivity (Wildman–Crippen MR) is 84.0 cm³/mol. The van der Waals surface area contributed by atoms with Crippen LogP contribution in [0, 0.1) is 0 Å². The van der Waals surface area contributed by atoms with Gasteiger partial charge in [-0.05, 0) is 36.4 Å². The van der Waals surface area contributed by atoms with E-state index in [2.05, 4.69) is 4.98 Å². The minimum absolute atomic E-state index is 0.0497. The van der Waals surface area contributed by atoms with E-state index in [1.807, 2.05) is 54.7 Å². The van der Waals surface area contributed by atoms with Crippen molar-refractivity contribution in [2.75, 3.05) is 19.1 Å². The number of nitrogens with zero attached hydrogens (tertiary/aromatic N) is 1. The maximum absolute atomic E-state index is 12.6. The molecule has 3 rings (SSSR count). The molecule has 106 valence electrons. The van der Waals surface area contributed by atoms with Crippen molar-refractivity contribution in [1.82, 2.24) is 4.98 Å². The first-order valence-corrected chi connectivity index (χ1v) is 6.68. The number of fused-ring (bicyclic) bond motifs is 1. The maximum Gasteiger partial charge on any atom is 0.258 e. The number of anilines is 1. The quantitative estimate of drug-likeness (QED) is 0.798. The number of ether oxygens (including phenoxy) is 1. The van der Waals surface area contributed by atoms with Gasteiger partial charge in [0.05, 0.1) is 7.11 Å². The van der Waals surface area contributed by atoms with E-state index < -0.39 is 0 Å². The summed E-state index contributed by atoms with van der Waals surface area (Å²) in [6, 6.07) is 15.0. The Morgan fingerprint density at radius 2 is 2.00 bits per heavy atom. The number of hydrogen-bond acceptors (Lipinski definition) is 2. The van der Waals surface area contributed by atoms with Gasteiger partial charge in [-0.15, -0.1) is 0 Å². The van der Waals surface area contributed by atoms with Gasteiger partial charge in [-0.3, -0.25) is 4.79 Å². The van der Waals surface area contributed by atoms with Crippen molar-refractivity contribution in [1.29, 1.82) is 0 Å². The number of amides is 1. The second-order valence-corrected chi connectivity index (χ2v) is 4.85. The SMILES string of the molecule is COc1cccc(N(C)C(=O)c2ccc3[nH]ccc3c2)c1. The average molecular weight is 280 g/mol. The third-order valence-corrected chi connectivity index (χ3v) is 3.55. The highest BCUT2D eigenvalue weighted by atomic mass is 16.5. The summed E-state index contributed by atoms with van der Waals surface area (Å²) in [7, 11) is 3.37. The van der Waals surface area contributed by atoms with Gasteiger partial charge in [-0.1, -0.05) is 6.07 Å². The van der Waals surface area contributed by atoms with Gasteiger partial charge in [0.2, 0.25) is 0 Å². The molecule has 1 N–H and O–H groups in total. The highest BCUT2D eigenvalue weighted by Gasteiger charge is 2.14. The van der Waals surface area contributed by atoms with Gasteiger partial charge in [0.25, 0.3) is 5.91 Å². The number of hydrogen-bond donors (Lipinski definition) is 1. The van der Waals surface area contributed by atoms with Gasteiger partial charge in [0.15, 0.2) is 0 Å². The fourth-order valence-electron chi connectivity index (χ4n) is 2.32. The van der Waals surface area contributed by atoms with E-state index in [4.69, 9.17) is 4.74 Å². The molecular formula is C17H16N2O2. The number of carbonyl (C=O) groups is 1. The molecule has 2 aromatic carbocycles. The van der Waals surface area contributed by atoms with Gasteiger partial charge in [-0.25, -0.2) is 0 Å². The summed E-state index contributed by atoms with van der Waals surface area (Å²) in [5.41, 5.74) is 2.48. The molecule has 1 heterocycles. The number of H-pyrrole nitrogens is 1. The molecule has 0 saturated heterocycles. The molecule has 4 nitrogen and oxygen atoms in total. The van der Waals surface area contributed by atoms with E-state index >= 15 is 0 Å². The van der Waals surface area contributed by atoms with Gasteiger partial charge >= 0.3 is 0 Å². The Morgan fingerprint density at radius 1 is 1.14 bits per heavy atom. The molecule has 3 aromatic rings. The van der Waals surface area contributed by atoms with Crippen LogP contribution in [0.4, 0.5) is 5.69 Å². The fourth-order valence-corrected chi connectivity index (χ4v) is 2.32. The highest BCUT2D eigenvalue weighted by Crippen LogP contribution is 2.22. The van der Waals surface area contributed by atoms with Crippen LogP contribution in [-0.2, 0) is 0 Å². The van der Waals surface area contributed by atoms with Crippen LogP contribution in [0.1, 0.15) is 10.4 Å². The first-order chi connectivity index (χ1) is 10.2. The Balaban J connectivity index is 1.92. The molecule has 1 amide bonds. The number of aromatic amines is 1. The summed E-state index contributed by atoms with van der Waals surface area (Å²) in [6.07, 6.45) is 1.87. The minimum atomic E-state index is -0.0497. The second kappa shape index (κ2) is 5.32. The monoisotopic (exact) mass is 280 g/mol. The molecular weight excluding hydrogens is 264 g/mol. The lowest BCUT2D eigenvalue weighted by Crippen LogP contribution is -2.26. The normalized spacial score (nSPS) is 10.6. The minimum Gasteiger partial charge on any atom is -0.497 e. The largest absolute Gasteiger partial charge is 0.497 e. The standard InChI is InChI=1S/C17H16N2O2/c1-19(14-4-3-5-15(11-14)21-2)17(20)13-6-7-16-12(10-13)8-9-18-16/h3-11,18H,1-2H3. The molecule has 0 aliphatic carbocycles. The van der Waals surface area contributed by atoms with E-state index in [0.717, 1.165) is 22.3 Å². The van der Waals surface area contributed by atoms with Crippen LogP contribution in [0.3, 0.4) is 0 Å². The summed E-state index contributed by atoms with van der Waals surface area (Å²) in [5.74, 6) is 0.680. The van der Waals surface area contributed by atoms with Crippen molar-refractivity contribution >= 4 is 22.5 Å². The predicted octanol–water partition coefficient (Wildman–Crippen LogP) is 3.45. The van der Waals surface area contributed by atoms with Gasteiger partial charge in [0, 0.05) is 41.5 Å². The van der Waals surface area contributed by atoms with Gasteiger partial charge in [0.1, 0.15) is 5.75 Å². The van der Waals surface area contributed by atoms with Crippen LogP contribution in [0.2, 0.25) is 0 Å². The fraction of sp³-hybridized carbons (Fsp3) is 0.118. The first kappa shape index (κ1) is 13.2. The van der Waals surface area contributed by atoms with Crippen molar-refractivity contribution < 1.29 is 9.53 Å². The summed E-state index contributed by atoms with van der Waals surface area (Å²) in [6.45, 7) is 0. The third kappa shape index (κ3) is 2.48. The van der Waals surface area contributed by atoms with E-state index in [-0.39, 0.29) is 5.91 Å². The number of rotatable bonds is 3. The second-order valence-electron chi connectivity index (χ2n) is 4.85. The molecule has 4 heteroatoms. The summed E-state index contributed by atoms with van der Waals surface area (Å²) >= 11 is 0. The highest BCUT2D eigenvalue weighted by molar-refractivity contribution is 6.07. The lowest BCUT2D eigenvalue weighted by atomic mass is 10.1. The molecule has 0 unspecified atom stereocenters. The zero-order chi connectivity index (χ0) is 14.8. The van der Waals surface area contributed by atoms with Crippen LogP contribution in [0.15, 0.2) is 54.7 Å². The van der Waals surface area contributed by atoms with E-state index in [0.29, 0.717) is 5.56 Å². The molecule has 0 atom stereocenters. The van der Waals surface area contributed by atoms with Crippen LogP contribution in [0.5, 0.6) is 5.75 Å². The molecule has 1 aromatic heterocycles. The van der Waals surface area contributed by atoms with Crippen LogP contribution >= 0.6 is 0 Å². The Hall–Kier alpha value is -2.75. The Bertz CT molecular complexity index is 792. The summed E-state index contributed by atoms with van der Waals surface area (Å²) in [5, 5.41) is 1.03. The zero-order valence-corrected chi connectivity index (χ0v) is 12.0. The summed E-state index contributed by atoms with van der Waals surface area (Å²) < 4.78 is 5.20. The topological polar surface area (TPSA) is 45.3 Å². The number of carbonyl (C=O) groups excluding carboxylic acids is 1. The molecule has 0 aliphatic rings. The number of methoxy groups -OCH3 is 1. The average Bonchev–Trinajstić information content (AvgIpc) is 3.01. The van der Waals surface area contributed by atoms with E-state index in [9.17, 15) is 4.79 Å². The smallest absolute Gasteiger partial charge is 0.258 e. The van der Waals surface area contributed by atoms with E-state index in [1.54, 1.807) is 19.1 Å². The van der Waals surface area contributed by atoms with Crippen molar-refractivity contribution in [2.24, 2.45) is 0 Å². The van der Waals surface area contributed by atoms with Crippen molar-refractivity contribution in [3.63, 3.8) is 0 Å². The van der Waals surface area contributed by atoms with Crippen molar-refractivity contribution in [2.45, 2.75) is 0 Å². The molecule has 0 spiro atoms. The van der Waals surface area contributed by atoms with Crippen LogP contribution < -0.4 is 9.64 Å². The Labute approximate surface area is 123 Å². The third-order valence-electron chi connectivity index (χ3n) is 3.55. The number of aromatic nitrogens is 1. The Kier molecular flexibility index (Phi) is 3.36. The van der Waals surface area contributed by atoms with Gasteiger partial charge in [-0.2, -0.15) is 0 Å². The molecule has 0 saturated carbocycles. The van der Waals surface area contributed by atoms with Crippen LogP contribution in [0.25, 0.3) is 10.9 Å². The van der Waals surface area contributed by atoms with Crippen LogP contribution in [-0.4, -0.2) is 25.0 Å².